The second-order valence-corrected chi connectivity index (χ2v) is 7.73. The molecule has 0 saturated carbocycles. The Morgan fingerprint density at radius 2 is 1.52 bits per heavy atom. The van der Waals surface area contributed by atoms with Crippen LogP contribution in [-0.4, -0.2) is 37.0 Å². The zero-order valence-corrected chi connectivity index (χ0v) is 19.3. The molecular formula is C27H30N2O4. The van der Waals surface area contributed by atoms with Crippen molar-refractivity contribution in [2.75, 3.05) is 14.2 Å². The van der Waals surface area contributed by atoms with Crippen molar-refractivity contribution in [3.63, 3.8) is 0 Å². The normalized spacial score (nSPS) is 11.4. The number of carbonyl (C=O) groups excluding carboxylic acids is 2. The predicted octanol–water partition coefficient (Wildman–Crippen LogP) is 3.98. The van der Waals surface area contributed by atoms with Gasteiger partial charge in [-0.05, 0) is 29.3 Å². The average Bonchev–Trinajstić information content (AvgIpc) is 2.85. The minimum absolute atomic E-state index is 0.167. The van der Waals surface area contributed by atoms with Crippen LogP contribution >= 0.6 is 0 Å². The summed E-state index contributed by atoms with van der Waals surface area (Å²) >= 11 is 0. The molecule has 6 nitrogen and oxygen atoms in total. The molecule has 3 aromatic rings. The Bertz CT molecular complexity index is 1050. The molecule has 0 heterocycles. The van der Waals surface area contributed by atoms with E-state index in [9.17, 15) is 9.59 Å². The summed E-state index contributed by atoms with van der Waals surface area (Å²) in [6, 6.07) is 24.1. The van der Waals surface area contributed by atoms with Crippen LogP contribution in [0.25, 0.3) is 0 Å². The van der Waals surface area contributed by atoms with E-state index in [2.05, 4.69) is 5.32 Å². The molecule has 1 atom stereocenters. The first kappa shape index (κ1) is 23.9. The lowest BCUT2D eigenvalue weighted by Crippen LogP contribution is -2.49. The minimum Gasteiger partial charge on any atom is -0.497 e. The lowest BCUT2D eigenvalue weighted by Gasteiger charge is -2.30. The van der Waals surface area contributed by atoms with Crippen molar-refractivity contribution in [2.24, 2.45) is 0 Å². The van der Waals surface area contributed by atoms with Crippen LogP contribution in [0.15, 0.2) is 78.9 Å². The first-order valence-electron chi connectivity index (χ1n) is 10.9. The van der Waals surface area contributed by atoms with E-state index in [4.69, 9.17) is 9.47 Å². The number of ether oxygens (including phenoxy) is 2. The highest BCUT2D eigenvalue weighted by atomic mass is 16.5. The number of amides is 2. The molecule has 0 fully saturated rings. The van der Waals surface area contributed by atoms with Crippen molar-refractivity contribution >= 4 is 11.8 Å². The molecule has 0 aliphatic heterocycles. The molecule has 0 radical (unpaired) electrons. The van der Waals surface area contributed by atoms with Gasteiger partial charge in [-0.25, -0.2) is 0 Å². The van der Waals surface area contributed by atoms with Gasteiger partial charge >= 0.3 is 0 Å². The Morgan fingerprint density at radius 1 is 0.848 bits per heavy atom. The summed E-state index contributed by atoms with van der Waals surface area (Å²) in [5, 5.41) is 3.00. The maximum Gasteiger partial charge on any atom is 0.243 e. The van der Waals surface area contributed by atoms with Crippen molar-refractivity contribution < 1.29 is 19.1 Å². The third kappa shape index (κ3) is 6.59. The smallest absolute Gasteiger partial charge is 0.243 e. The zero-order valence-electron chi connectivity index (χ0n) is 19.3. The zero-order chi connectivity index (χ0) is 23.6. The Hall–Kier alpha value is -3.80. The van der Waals surface area contributed by atoms with Crippen LogP contribution in [0.4, 0.5) is 0 Å². The highest BCUT2D eigenvalue weighted by Crippen LogP contribution is 2.19. The number of rotatable bonds is 10. The van der Waals surface area contributed by atoms with E-state index in [1.807, 2.05) is 78.9 Å². The quantitative estimate of drug-likeness (QED) is 0.512. The molecule has 1 N–H and O–H groups in total. The van der Waals surface area contributed by atoms with Gasteiger partial charge in [-0.2, -0.15) is 0 Å². The van der Waals surface area contributed by atoms with E-state index in [-0.39, 0.29) is 11.8 Å². The number of nitrogens with one attached hydrogen (secondary N) is 1. The SMILES string of the molecule is COc1ccc(CN(C(C)=O)[C@@H](Cc2ccccc2)C(=O)NCc2ccccc2OC)cc1. The summed E-state index contributed by atoms with van der Waals surface area (Å²) in [6.07, 6.45) is 0.411. The van der Waals surface area contributed by atoms with Crippen molar-refractivity contribution in [1.82, 2.24) is 10.2 Å². The van der Waals surface area contributed by atoms with Crippen LogP contribution in [0.2, 0.25) is 0 Å². The summed E-state index contributed by atoms with van der Waals surface area (Å²) in [5.41, 5.74) is 2.77. The molecule has 3 aromatic carbocycles. The van der Waals surface area contributed by atoms with E-state index in [0.717, 1.165) is 22.4 Å². The standard InChI is InChI=1S/C27H30N2O4/c1-20(30)29(19-22-13-15-24(32-2)16-14-22)25(17-21-9-5-4-6-10-21)27(31)28-18-23-11-7-8-12-26(23)33-3/h4-16,25H,17-19H2,1-3H3,(H,28,31)/t25-/m0/s1. The van der Waals surface area contributed by atoms with E-state index in [1.165, 1.54) is 6.92 Å². The van der Waals surface area contributed by atoms with Crippen molar-refractivity contribution in [2.45, 2.75) is 32.5 Å². The molecule has 6 heteroatoms. The summed E-state index contributed by atoms with van der Waals surface area (Å²) in [5.74, 6) is 1.07. The van der Waals surface area contributed by atoms with Crippen LogP contribution in [-0.2, 0) is 29.1 Å². The lowest BCUT2D eigenvalue weighted by atomic mass is 10.0. The minimum atomic E-state index is -0.665. The number of hydrogen-bond acceptors (Lipinski definition) is 4. The molecule has 0 aromatic heterocycles. The molecule has 0 bridgehead atoms. The summed E-state index contributed by atoms with van der Waals surface area (Å²) in [6.45, 7) is 2.12. The molecule has 2 amide bonds. The van der Waals surface area contributed by atoms with E-state index in [0.29, 0.717) is 25.3 Å². The topological polar surface area (TPSA) is 67.9 Å². The van der Waals surface area contributed by atoms with Gasteiger partial charge in [0.1, 0.15) is 17.5 Å². The number of methoxy groups -OCH3 is 2. The van der Waals surface area contributed by atoms with E-state index in [1.54, 1.807) is 19.1 Å². The first-order chi connectivity index (χ1) is 16.0. The molecular weight excluding hydrogens is 416 g/mol. The molecule has 0 saturated heterocycles. The summed E-state index contributed by atoms with van der Waals surface area (Å²) in [4.78, 5) is 27.7. The second kappa shape index (κ2) is 11.7. The summed E-state index contributed by atoms with van der Waals surface area (Å²) < 4.78 is 10.6. The fraction of sp³-hybridized carbons (Fsp3) is 0.259. The fourth-order valence-corrected chi connectivity index (χ4v) is 3.70. The molecule has 3 rings (SSSR count). The number of carbonyl (C=O) groups is 2. The first-order valence-corrected chi connectivity index (χ1v) is 10.9. The Balaban J connectivity index is 1.83. The number of nitrogens with zero attached hydrogens (tertiary/aromatic N) is 1. The molecule has 172 valence electrons. The maximum atomic E-state index is 13.4. The fourth-order valence-electron chi connectivity index (χ4n) is 3.70. The van der Waals surface area contributed by atoms with E-state index >= 15 is 0 Å². The van der Waals surface area contributed by atoms with Gasteiger partial charge in [-0.15, -0.1) is 0 Å². The van der Waals surface area contributed by atoms with Gasteiger partial charge in [0.15, 0.2) is 0 Å². The highest BCUT2D eigenvalue weighted by molar-refractivity contribution is 5.87. The predicted molar refractivity (Wildman–Crippen MR) is 128 cm³/mol. The van der Waals surface area contributed by atoms with Gasteiger partial charge < -0.3 is 19.7 Å². The van der Waals surface area contributed by atoms with Gasteiger partial charge in [0.05, 0.1) is 14.2 Å². The van der Waals surface area contributed by atoms with Gasteiger partial charge in [0, 0.05) is 32.0 Å². The number of benzene rings is 3. The molecule has 0 spiro atoms. The highest BCUT2D eigenvalue weighted by Gasteiger charge is 2.28. The molecule has 0 unspecified atom stereocenters. The lowest BCUT2D eigenvalue weighted by molar-refractivity contribution is -0.139. The molecule has 0 aliphatic carbocycles. The van der Waals surface area contributed by atoms with Crippen LogP contribution in [0.3, 0.4) is 0 Å². The van der Waals surface area contributed by atoms with Gasteiger partial charge in [0.25, 0.3) is 0 Å². The van der Waals surface area contributed by atoms with Crippen LogP contribution < -0.4 is 14.8 Å². The third-order valence-corrected chi connectivity index (χ3v) is 5.51. The van der Waals surface area contributed by atoms with Crippen molar-refractivity contribution in [3.05, 3.63) is 95.6 Å². The van der Waals surface area contributed by atoms with E-state index < -0.39 is 6.04 Å². The molecule has 33 heavy (non-hydrogen) atoms. The Morgan fingerprint density at radius 3 is 2.15 bits per heavy atom. The molecule has 0 aliphatic rings. The van der Waals surface area contributed by atoms with Crippen LogP contribution in [0.1, 0.15) is 23.6 Å². The number of hydrogen-bond donors (Lipinski definition) is 1. The van der Waals surface area contributed by atoms with Crippen LogP contribution in [0, 0.1) is 0 Å². The van der Waals surface area contributed by atoms with Gasteiger partial charge in [-0.1, -0.05) is 60.7 Å². The second-order valence-electron chi connectivity index (χ2n) is 7.73. The average molecular weight is 447 g/mol. The Labute approximate surface area is 195 Å². The van der Waals surface area contributed by atoms with Crippen molar-refractivity contribution in [1.29, 1.82) is 0 Å². The largest absolute Gasteiger partial charge is 0.497 e. The van der Waals surface area contributed by atoms with Crippen molar-refractivity contribution in [3.8, 4) is 11.5 Å². The van der Waals surface area contributed by atoms with Crippen LogP contribution in [0.5, 0.6) is 11.5 Å². The number of para-hydroxylation sites is 1. The third-order valence-electron chi connectivity index (χ3n) is 5.51. The van der Waals surface area contributed by atoms with Gasteiger partial charge in [0.2, 0.25) is 11.8 Å². The Kier molecular flexibility index (Phi) is 8.47. The van der Waals surface area contributed by atoms with Gasteiger partial charge in [-0.3, -0.25) is 9.59 Å². The maximum absolute atomic E-state index is 13.4. The monoisotopic (exact) mass is 446 g/mol. The summed E-state index contributed by atoms with van der Waals surface area (Å²) in [7, 11) is 3.21.